The smallest absolute Gasteiger partial charge is 0.305 e. The van der Waals surface area contributed by atoms with Gasteiger partial charge in [0.25, 0.3) is 0 Å². The van der Waals surface area contributed by atoms with Gasteiger partial charge in [-0.05, 0) is 32.1 Å². The van der Waals surface area contributed by atoms with Crippen molar-refractivity contribution < 1.29 is 24.5 Å². The number of hydrogen-bond acceptors (Lipinski definition) is 5. The summed E-state index contributed by atoms with van der Waals surface area (Å²) in [6.45, 7) is 4.98. The molecule has 0 aromatic carbocycles. The van der Waals surface area contributed by atoms with E-state index in [1.54, 1.807) is 6.08 Å². The summed E-state index contributed by atoms with van der Waals surface area (Å²) < 4.78 is 5.53. The Kier molecular flexibility index (Phi) is 84.8. The number of ether oxygens (including phenoxy) is 1. The van der Waals surface area contributed by atoms with E-state index in [1.165, 1.54) is 462 Å². The normalized spacial score (nSPS) is 12.4. The van der Waals surface area contributed by atoms with E-state index in [-0.39, 0.29) is 18.5 Å². The predicted molar refractivity (Wildman–Crippen MR) is 426 cm³/mol. The minimum absolute atomic E-state index is 0.0292. The van der Waals surface area contributed by atoms with Gasteiger partial charge >= 0.3 is 5.97 Å². The minimum Gasteiger partial charge on any atom is -0.466 e. The lowest BCUT2D eigenvalue weighted by Gasteiger charge is -2.20. The van der Waals surface area contributed by atoms with Crippen LogP contribution in [0.3, 0.4) is 0 Å². The van der Waals surface area contributed by atoms with Crippen LogP contribution in [0.2, 0.25) is 0 Å². The van der Waals surface area contributed by atoms with Crippen LogP contribution in [-0.4, -0.2) is 47.4 Å². The number of hydrogen-bond donors (Lipinski definition) is 3. The summed E-state index contributed by atoms with van der Waals surface area (Å²) in [5.41, 5.74) is 0. The molecule has 6 nitrogen and oxygen atoms in total. The average molecular weight is 1350 g/mol. The molecule has 0 aliphatic carbocycles. The number of rotatable bonds is 86. The number of carbonyl (C=O) groups excluding carboxylic acids is 2. The first kappa shape index (κ1) is 94.6. The number of allylic oxidation sites excluding steroid dienone is 1. The molecule has 6 heteroatoms. The Morgan fingerprint density at radius 1 is 0.281 bits per heavy atom. The Morgan fingerprint density at radius 3 is 0.708 bits per heavy atom. The number of nitrogens with one attached hydrogen (secondary N) is 1. The van der Waals surface area contributed by atoms with Crippen LogP contribution in [0.15, 0.2) is 12.2 Å². The summed E-state index contributed by atoms with van der Waals surface area (Å²) in [4.78, 5) is 24.7. The zero-order chi connectivity index (χ0) is 69.1. The number of esters is 1. The molecule has 0 spiro atoms. The topological polar surface area (TPSA) is 95.9 Å². The second-order valence-corrected chi connectivity index (χ2v) is 31.3. The van der Waals surface area contributed by atoms with E-state index in [0.717, 1.165) is 38.5 Å². The van der Waals surface area contributed by atoms with Gasteiger partial charge in [-0.15, -0.1) is 0 Å². The van der Waals surface area contributed by atoms with Gasteiger partial charge in [-0.25, -0.2) is 0 Å². The molecule has 0 aromatic rings. The molecule has 0 heterocycles. The molecular formula is C90H177NO5. The van der Waals surface area contributed by atoms with Crippen LogP contribution < -0.4 is 5.32 Å². The number of aliphatic hydroxyl groups is 2. The maximum absolute atomic E-state index is 12.6. The molecular weight excluding hydrogens is 1170 g/mol. The molecule has 0 saturated heterocycles. The number of amides is 1. The van der Waals surface area contributed by atoms with E-state index in [4.69, 9.17) is 4.74 Å². The van der Waals surface area contributed by atoms with Gasteiger partial charge in [-0.1, -0.05) is 495 Å². The van der Waals surface area contributed by atoms with Crippen LogP contribution in [0, 0.1) is 0 Å². The third-order valence-corrected chi connectivity index (χ3v) is 21.6. The maximum Gasteiger partial charge on any atom is 0.305 e. The highest BCUT2D eigenvalue weighted by Gasteiger charge is 2.18. The molecule has 96 heavy (non-hydrogen) atoms. The summed E-state index contributed by atoms with van der Waals surface area (Å²) in [5, 5.41) is 23.3. The van der Waals surface area contributed by atoms with Gasteiger partial charge in [-0.3, -0.25) is 9.59 Å². The van der Waals surface area contributed by atoms with Crippen LogP contribution in [0.1, 0.15) is 528 Å². The lowest BCUT2D eigenvalue weighted by molar-refractivity contribution is -0.143. The minimum atomic E-state index is -0.842. The number of unbranched alkanes of at least 4 members (excludes halogenated alkanes) is 75. The summed E-state index contributed by atoms with van der Waals surface area (Å²) >= 11 is 0. The molecule has 3 N–H and O–H groups in total. The zero-order valence-electron chi connectivity index (χ0n) is 65.9. The van der Waals surface area contributed by atoms with Crippen molar-refractivity contribution in [1.82, 2.24) is 5.32 Å². The highest BCUT2D eigenvalue weighted by atomic mass is 16.5. The Labute approximate surface area is 603 Å². The first-order chi connectivity index (χ1) is 47.5. The molecule has 0 fully saturated rings. The van der Waals surface area contributed by atoms with Crippen molar-refractivity contribution in [2.75, 3.05) is 13.2 Å². The van der Waals surface area contributed by atoms with Crippen LogP contribution >= 0.6 is 0 Å². The van der Waals surface area contributed by atoms with Gasteiger partial charge in [0.2, 0.25) is 5.91 Å². The first-order valence-electron chi connectivity index (χ1n) is 45.0. The second kappa shape index (κ2) is 86.0. The molecule has 0 aliphatic heterocycles. The van der Waals surface area contributed by atoms with E-state index >= 15 is 0 Å². The van der Waals surface area contributed by atoms with Crippen molar-refractivity contribution >= 4 is 11.9 Å². The maximum atomic E-state index is 12.6. The highest BCUT2D eigenvalue weighted by Crippen LogP contribution is 2.22. The quantitative estimate of drug-likeness (QED) is 0.0320. The first-order valence-corrected chi connectivity index (χ1v) is 45.0. The van der Waals surface area contributed by atoms with Gasteiger partial charge in [0, 0.05) is 12.8 Å². The Bertz CT molecular complexity index is 1470. The summed E-state index contributed by atoms with van der Waals surface area (Å²) in [6.07, 6.45) is 111. The van der Waals surface area contributed by atoms with Gasteiger partial charge < -0.3 is 20.3 Å². The standard InChI is InChI=1S/C90H177NO5/c1-3-5-7-9-11-13-15-17-19-21-23-24-25-41-44-47-50-54-58-62-66-70-74-78-82-88(93)87(86-92)91-89(94)83-79-75-71-67-63-59-55-51-48-45-42-39-37-35-33-31-29-27-26-28-30-32-34-36-38-40-43-46-49-53-57-61-65-69-73-77-81-85-96-90(95)84-80-76-72-68-64-60-56-52-22-20-18-16-14-12-10-8-6-4-2/h78,82,87-88,92-93H,3-77,79-81,83-86H2,1-2H3,(H,91,94)/b82-78+. The van der Waals surface area contributed by atoms with Crippen LogP contribution in [0.25, 0.3) is 0 Å². The fourth-order valence-electron chi connectivity index (χ4n) is 14.8. The number of aliphatic hydroxyl groups excluding tert-OH is 2. The molecule has 2 unspecified atom stereocenters. The monoisotopic (exact) mass is 1350 g/mol. The van der Waals surface area contributed by atoms with Crippen molar-refractivity contribution in [3.8, 4) is 0 Å². The van der Waals surface area contributed by atoms with Crippen molar-refractivity contribution in [2.45, 2.75) is 540 Å². The summed E-state index contributed by atoms with van der Waals surface area (Å²) in [7, 11) is 0. The van der Waals surface area contributed by atoms with Crippen molar-refractivity contribution in [3.05, 3.63) is 12.2 Å². The van der Waals surface area contributed by atoms with E-state index < -0.39 is 12.1 Å². The fraction of sp³-hybridized carbons (Fsp3) is 0.956. The fourth-order valence-corrected chi connectivity index (χ4v) is 14.8. The van der Waals surface area contributed by atoms with Gasteiger partial charge in [0.05, 0.1) is 25.4 Å². The molecule has 2 atom stereocenters. The molecule has 0 rings (SSSR count). The molecule has 0 aromatic heterocycles. The Hall–Kier alpha value is -1.40. The zero-order valence-corrected chi connectivity index (χ0v) is 65.9. The van der Waals surface area contributed by atoms with E-state index in [9.17, 15) is 19.8 Å². The van der Waals surface area contributed by atoms with E-state index in [0.29, 0.717) is 19.4 Å². The van der Waals surface area contributed by atoms with Crippen LogP contribution in [0.5, 0.6) is 0 Å². The third-order valence-electron chi connectivity index (χ3n) is 21.6. The SMILES string of the molecule is CCCCCCCCCCCCCCCCCCCCCCCC/C=C/C(O)C(CO)NC(=O)CCCCCCCCCCCCCCCCCCCCCCCCCCCCCCCCCCCCCCCOC(=O)CCCCCCCCCCCCCCCCCCCC. The summed E-state index contributed by atoms with van der Waals surface area (Å²) in [6, 6.07) is -0.624. The average Bonchev–Trinajstić information content (AvgIpc) is 3.00. The van der Waals surface area contributed by atoms with E-state index in [2.05, 4.69) is 19.2 Å². The third kappa shape index (κ3) is 81.6. The second-order valence-electron chi connectivity index (χ2n) is 31.3. The van der Waals surface area contributed by atoms with Gasteiger partial charge in [0.15, 0.2) is 0 Å². The molecule has 572 valence electrons. The van der Waals surface area contributed by atoms with Gasteiger partial charge in [0.1, 0.15) is 0 Å². The lowest BCUT2D eigenvalue weighted by atomic mass is 10.0. The largest absolute Gasteiger partial charge is 0.466 e. The molecule has 0 bridgehead atoms. The van der Waals surface area contributed by atoms with Crippen molar-refractivity contribution in [1.29, 1.82) is 0 Å². The predicted octanol–water partition coefficient (Wildman–Crippen LogP) is 30.2. The molecule has 0 radical (unpaired) electrons. The molecule has 0 aliphatic rings. The van der Waals surface area contributed by atoms with Crippen LogP contribution in [0.4, 0.5) is 0 Å². The Morgan fingerprint density at radius 2 is 0.479 bits per heavy atom. The van der Waals surface area contributed by atoms with Crippen molar-refractivity contribution in [2.24, 2.45) is 0 Å². The van der Waals surface area contributed by atoms with Gasteiger partial charge in [-0.2, -0.15) is 0 Å². The van der Waals surface area contributed by atoms with Crippen molar-refractivity contribution in [3.63, 3.8) is 0 Å². The number of carbonyl (C=O) groups is 2. The molecule has 1 amide bonds. The lowest BCUT2D eigenvalue weighted by Crippen LogP contribution is -2.45. The highest BCUT2D eigenvalue weighted by molar-refractivity contribution is 5.76. The summed E-state index contributed by atoms with van der Waals surface area (Å²) in [5.74, 6) is -0.0267. The molecule has 0 saturated carbocycles. The Balaban J connectivity index is 3.31. The van der Waals surface area contributed by atoms with E-state index in [1.807, 2.05) is 6.08 Å². The van der Waals surface area contributed by atoms with Crippen LogP contribution in [-0.2, 0) is 14.3 Å².